The Bertz CT molecular complexity index is 975. The van der Waals surface area contributed by atoms with Gasteiger partial charge in [-0.1, -0.05) is 66.7 Å². The van der Waals surface area contributed by atoms with Crippen molar-refractivity contribution >= 4 is 6.08 Å². The Morgan fingerprint density at radius 1 is 0.808 bits per heavy atom. The highest BCUT2D eigenvalue weighted by atomic mass is 16.5. The van der Waals surface area contributed by atoms with E-state index in [0.29, 0.717) is 6.61 Å². The van der Waals surface area contributed by atoms with Crippen LogP contribution in [0.5, 0.6) is 5.75 Å². The minimum Gasteiger partial charge on any atom is -0.489 e. The van der Waals surface area contributed by atoms with Crippen molar-refractivity contribution in [1.82, 2.24) is 0 Å². The van der Waals surface area contributed by atoms with E-state index >= 15 is 0 Å². The maximum Gasteiger partial charge on any atom is 0.130 e. The summed E-state index contributed by atoms with van der Waals surface area (Å²) in [5, 5.41) is 18.0. The molecule has 0 N–H and O–H groups in total. The topological polar surface area (TPSA) is 56.8 Å². The SMILES string of the molecule is N#CC(C#N)=Cc1ccccc1-c1ccc(OCc2ccccc2)cc1. The van der Waals surface area contributed by atoms with Crippen LogP contribution in [0.25, 0.3) is 17.2 Å². The first-order chi connectivity index (χ1) is 12.8. The lowest BCUT2D eigenvalue weighted by molar-refractivity contribution is 0.306. The quantitative estimate of drug-likeness (QED) is 0.589. The van der Waals surface area contributed by atoms with Crippen LogP contribution in [-0.2, 0) is 6.61 Å². The third kappa shape index (κ3) is 4.17. The third-order valence-corrected chi connectivity index (χ3v) is 3.92. The van der Waals surface area contributed by atoms with Crippen molar-refractivity contribution in [2.75, 3.05) is 0 Å². The molecule has 0 bridgehead atoms. The Morgan fingerprint density at radius 2 is 1.46 bits per heavy atom. The number of benzene rings is 3. The number of nitriles is 2. The maximum atomic E-state index is 8.98. The molecule has 0 aromatic heterocycles. The minimum atomic E-state index is 0.0836. The molecule has 0 saturated heterocycles. The van der Waals surface area contributed by atoms with Gasteiger partial charge in [0, 0.05) is 0 Å². The summed E-state index contributed by atoms with van der Waals surface area (Å²) in [6.07, 6.45) is 1.61. The molecule has 0 aliphatic carbocycles. The van der Waals surface area contributed by atoms with E-state index in [1.54, 1.807) is 6.08 Å². The van der Waals surface area contributed by atoms with Crippen LogP contribution in [0.1, 0.15) is 11.1 Å². The predicted octanol–water partition coefficient (Wildman–Crippen LogP) is 5.36. The van der Waals surface area contributed by atoms with Crippen LogP contribution in [0.3, 0.4) is 0 Å². The van der Waals surface area contributed by atoms with Gasteiger partial charge in [0.1, 0.15) is 30.1 Å². The van der Waals surface area contributed by atoms with Crippen LogP contribution in [-0.4, -0.2) is 0 Å². The van der Waals surface area contributed by atoms with E-state index in [1.807, 2.05) is 91.0 Å². The van der Waals surface area contributed by atoms with Crippen molar-refractivity contribution in [1.29, 1.82) is 10.5 Å². The van der Waals surface area contributed by atoms with E-state index in [1.165, 1.54) is 0 Å². The number of ether oxygens (including phenoxy) is 1. The van der Waals surface area contributed by atoms with Gasteiger partial charge < -0.3 is 4.74 Å². The van der Waals surface area contributed by atoms with Crippen LogP contribution < -0.4 is 4.74 Å². The summed E-state index contributed by atoms with van der Waals surface area (Å²) in [6.45, 7) is 0.521. The summed E-state index contributed by atoms with van der Waals surface area (Å²) in [7, 11) is 0. The normalized spacial score (nSPS) is 9.62. The van der Waals surface area contributed by atoms with Crippen LogP contribution in [0.2, 0.25) is 0 Å². The van der Waals surface area contributed by atoms with Gasteiger partial charge in [0.15, 0.2) is 0 Å². The zero-order chi connectivity index (χ0) is 18.2. The molecule has 0 aliphatic heterocycles. The van der Waals surface area contributed by atoms with Gasteiger partial charge in [-0.3, -0.25) is 0 Å². The number of hydrogen-bond acceptors (Lipinski definition) is 3. The Labute approximate surface area is 153 Å². The predicted molar refractivity (Wildman–Crippen MR) is 102 cm³/mol. The van der Waals surface area contributed by atoms with Gasteiger partial charge >= 0.3 is 0 Å². The summed E-state index contributed by atoms with van der Waals surface area (Å²) >= 11 is 0. The Morgan fingerprint density at radius 3 is 2.15 bits per heavy atom. The van der Waals surface area contributed by atoms with Crippen LogP contribution >= 0.6 is 0 Å². The summed E-state index contributed by atoms with van der Waals surface area (Å²) in [6, 6.07) is 29.3. The largest absolute Gasteiger partial charge is 0.489 e. The molecule has 3 aromatic carbocycles. The lowest BCUT2D eigenvalue weighted by Crippen LogP contribution is -1.94. The van der Waals surface area contributed by atoms with Crippen LogP contribution in [0, 0.1) is 22.7 Å². The molecule has 0 aliphatic rings. The van der Waals surface area contributed by atoms with Crippen molar-refractivity contribution < 1.29 is 4.74 Å². The van der Waals surface area contributed by atoms with Gasteiger partial charge in [0.05, 0.1) is 0 Å². The monoisotopic (exact) mass is 336 g/mol. The molecule has 3 heteroatoms. The highest BCUT2D eigenvalue weighted by molar-refractivity contribution is 5.78. The number of allylic oxidation sites excluding steroid dienone is 1. The zero-order valence-electron chi connectivity index (χ0n) is 14.1. The van der Waals surface area contributed by atoms with E-state index in [0.717, 1.165) is 28.0 Å². The molecule has 0 atom stereocenters. The molecule has 0 unspecified atom stereocenters. The van der Waals surface area contributed by atoms with Gasteiger partial charge in [0.2, 0.25) is 0 Å². The molecule has 3 nitrogen and oxygen atoms in total. The van der Waals surface area contributed by atoms with Crippen molar-refractivity contribution in [3.63, 3.8) is 0 Å². The fourth-order valence-corrected chi connectivity index (χ4v) is 2.60. The number of hydrogen-bond donors (Lipinski definition) is 0. The maximum absolute atomic E-state index is 8.98. The van der Waals surface area contributed by atoms with Crippen molar-refractivity contribution in [2.45, 2.75) is 6.61 Å². The molecule has 26 heavy (non-hydrogen) atoms. The first-order valence-electron chi connectivity index (χ1n) is 8.18. The standard InChI is InChI=1S/C23H16N2O/c24-15-19(16-25)14-21-8-4-5-9-23(21)20-10-12-22(13-11-20)26-17-18-6-2-1-3-7-18/h1-14H,17H2. The molecule has 0 radical (unpaired) electrons. The second-order valence-electron chi connectivity index (χ2n) is 5.67. The Kier molecular flexibility index (Phi) is 5.45. The highest BCUT2D eigenvalue weighted by Gasteiger charge is 2.05. The third-order valence-electron chi connectivity index (χ3n) is 3.92. The van der Waals surface area contributed by atoms with E-state index in [-0.39, 0.29) is 5.57 Å². The van der Waals surface area contributed by atoms with Gasteiger partial charge in [-0.15, -0.1) is 0 Å². The van der Waals surface area contributed by atoms with E-state index in [9.17, 15) is 0 Å². The molecule has 0 amide bonds. The first-order valence-corrected chi connectivity index (χ1v) is 8.18. The minimum absolute atomic E-state index is 0.0836. The summed E-state index contributed by atoms with van der Waals surface area (Å²) in [5.41, 5.74) is 4.00. The highest BCUT2D eigenvalue weighted by Crippen LogP contribution is 2.27. The summed E-state index contributed by atoms with van der Waals surface area (Å²) in [5.74, 6) is 0.792. The second kappa shape index (κ2) is 8.33. The van der Waals surface area contributed by atoms with Crippen molar-refractivity contribution in [3.8, 4) is 29.0 Å². The van der Waals surface area contributed by atoms with Crippen molar-refractivity contribution in [2.24, 2.45) is 0 Å². The molecule has 3 rings (SSSR count). The van der Waals surface area contributed by atoms with E-state index in [2.05, 4.69) is 0 Å². The molecule has 0 heterocycles. The van der Waals surface area contributed by atoms with Crippen LogP contribution in [0.4, 0.5) is 0 Å². The molecule has 0 spiro atoms. The molecular weight excluding hydrogens is 320 g/mol. The fourth-order valence-electron chi connectivity index (χ4n) is 2.60. The summed E-state index contributed by atoms with van der Waals surface area (Å²) in [4.78, 5) is 0. The molecule has 124 valence electrons. The molecule has 3 aromatic rings. The smallest absolute Gasteiger partial charge is 0.130 e. The molecular formula is C23H16N2O. The van der Waals surface area contributed by atoms with E-state index < -0.39 is 0 Å². The molecule has 0 saturated carbocycles. The second-order valence-corrected chi connectivity index (χ2v) is 5.67. The average molecular weight is 336 g/mol. The number of rotatable bonds is 5. The first kappa shape index (κ1) is 17.0. The lowest BCUT2D eigenvalue weighted by atomic mass is 9.98. The van der Waals surface area contributed by atoms with Gasteiger partial charge in [-0.2, -0.15) is 10.5 Å². The van der Waals surface area contributed by atoms with E-state index in [4.69, 9.17) is 15.3 Å². The van der Waals surface area contributed by atoms with Crippen molar-refractivity contribution in [3.05, 3.63) is 95.6 Å². The average Bonchev–Trinajstić information content (AvgIpc) is 2.72. The Hall–Kier alpha value is -3.82. The lowest BCUT2D eigenvalue weighted by Gasteiger charge is -2.09. The Balaban J connectivity index is 1.80. The van der Waals surface area contributed by atoms with Gasteiger partial charge in [-0.05, 0) is 40.5 Å². The van der Waals surface area contributed by atoms with Crippen LogP contribution in [0.15, 0.2) is 84.4 Å². The van der Waals surface area contributed by atoms with Gasteiger partial charge in [0.25, 0.3) is 0 Å². The summed E-state index contributed by atoms with van der Waals surface area (Å²) < 4.78 is 5.81. The molecule has 0 fully saturated rings. The number of nitrogens with zero attached hydrogens (tertiary/aromatic N) is 2. The van der Waals surface area contributed by atoms with Gasteiger partial charge in [-0.25, -0.2) is 0 Å². The fraction of sp³-hybridized carbons (Fsp3) is 0.0435. The zero-order valence-corrected chi connectivity index (χ0v) is 14.1.